The molecule has 0 saturated heterocycles. The zero-order valence-corrected chi connectivity index (χ0v) is 12.7. The van der Waals surface area contributed by atoms with Crippen LogP contribution in [0.2, 0.25) is 0 Å². The molecule has 0 saturated carbocycles. The molecule has 0 aliphatic carbocycles. The summed E-state index contributed by atoms with van der Waals surface area (Å²) in [6.45, 7) is 2.86. The van der Waals surface area contributed by atoms with E-state index in [0.717, 1.165) is 30.9 Å². The van der Waals surface area contributed by atoms with Gasteiger partial charge in [-0.05, 0) is 32.0 Å². The van der Waals surface area contributed by atoms with Crippen LogP contribution >= 0.6 is 11.3 Å². The Morgan fingerprint density at radius 3 is 3.05 bits per heavy atom. The van der Waals surface area contributed by atoms with Gasteiger partial charge in [-0.15, -0.1) is 11.3 Å². The van der Waals surface area contributed by atoms with Crippen molar-refractivity contribution in [1.29, 1.82) is 0 Å². The molecule has 0 spiro atoms. The average molecular weight is 288 g/mol. The molecule has 3 nitrogen and oxygen atoms in total. The van der Waals surface area contributed by atoms with Gasteiger partial charge < -0.3 is 10.1 Å². The molecule has 20 heavy (non-hydrogen) atoms. The first-order valence-corrected chi connectivity index (χ1v) is 7.96. The number of thiazole rings is 1. The lowest BCUT2D eigenvalue weighted by atomic mass is 9.85. The Balaban J connectivity index is 1.83. The summed E-state index contributed by atoms with van der Waals surface area (Å²) in [5.41, 5.74) is 2.44. The van der Waals surface area contributed by atoms with Gasteiger partial charge in [0.25, 0.3) is 0 Å². The summed E-state index contributed by atoms with van der Waals surface area (Å²) in [4.78, 5) is 4.60. The molecule has 0 amide bonds. The topological polar surface area (TPSA) is 34.2 Å². The number of nitrogens with one attached hydrogen (secondary N) is 1. The van der Waals surface area contributed by atoms with E-state index in [1.54, 1.807) is 11.3 Å². The van der Waals surface area contributed by atoms with E-state index in [4.69, 9.17) is 4.74 Å². The Hall–Kier alpha value is -1.39. The second-order valence-corrected chi connectivity index (χ2v) is 6.21. The van der Waals surface area contributed by atoms with E-state index in [9.17, 15) is 0 Å². The van der Waals surface area contributed by atoms with Crippen LogP contribution in [-0.2, 0) is 6.42 Å². The number of benzene rings is 1. The minimum absolute atomic E-state index is 0.408. The third-order valence-electron chi connectivity index (χ3n) is 3.92. The molecule has 4 heteroatoms. The molecule has 1 aliphatic heterocycles. The monoisotopic (exact) mass is 288 g/mol. The van der Waals surface area contributed by atoms with Crippen LogP contribution in [0.25, 0.3) is 0 Å². The van der Waals surface area contributed by atoms with E-state index in [0.29, 0.717) is 12.0 Å². The molecular formula is C16H20N2OS. The van der Waals surface area contributed by atoms with Gasteiger partial charge in [-0.1, -0.05) is 18.2 Å². The third-order valence-corrected chi connectivity index (χ3v) is 4.91. The fourth-order valence-corrected chi connectivity index (χ4v) is 3.75. The van der Waals surface area contributed by atoms with E-state index >= 15 is 0 Å². The summed E-state index contributed by atoms with van der Waals surface area (Å²) in [5.74, 6) is 1.54. The molecule has 3 rings (SSSR count). The van der Waals surface area contributed by atoms with Crippen LogP contribution in [0, 0.1) is 6.92 Å². The number of rotatable bonds is 4. The van der Waals surface area contributed by atoms with Gasteiger partial charge in [0.15, 0.2) is 0 Å². The Labute approximate surface area is 124 Å². The molecule has 0 bridgehead atoms. The first-order chi connectivity index (χ1) is 9.78. The predicted molar refractivity (Wildman–Crippen MR) is 82.7 cm³/mol. The third kappa shape index (κ3) is 2.72. The molecular weight excluding hydrogens is 268 g/mol. The molecule has 2 aromatic rings. The number of hydrogen-bond donors (Lipinski definition) is 1. The molecule has 0 radical (unpaired) electrons. The summed E-state index contributed by atoms with van der Waals surface area (Å²) >= 11 is 1.76. The van der Waals surface area contributed by atoms with Crippen molar-refractivity contribution in [2.24, 2.45) is 0 Å². The fourth-order valence-electron chi connectivity index (χ4n) is 2.92. The zero-order chi connectivity index (χ0) is 13.9. The minimum Gasteiger partial charge on any atom is -0.493 e. The van der Waals surface area contributed by atoms with Crippen LogP contribution in [-0.4, -0.2) is 24.7 Å². The Bertz CT molecular complexity index is 581. The van der Waals surface area contributed by atoms with Gasteiger partial charge in [-0.2, -0.15) is 0 Å². The highest BCUT2D eigenvalue weighted by atomic mass is 32.1. The summed E-state index contributed by atoms with van der Waals surface area (Å²) in [7, 11) is 2.04. The number of ether oxygens (including phenoxy) is 1. The second-order valence-electron chi connectivity index (χ2n) is 5.26. The van der Waals surface area contributed by atoms with Crippen LogP contribution in [0.15, 0.2) is 29.6 Å². The largest absolute Gasteiger partial charge is 0.493 e. The molecule has 1 N–H and O–H groups in total. The number of nitrogens with zero attached hydrogens (tertiary/aromatic N) is 1. The van der Waals surface area contributed by atoms with Crippen LogP contribution in [0.4, 0.5) is 0 Å². The Morgan fingerprint density at radius 1 is 1.45 bits per heavy atom. The minimum atomic E-state index is 0.408. The normalized spacial score (nSPS) is 19.2. The maximum Gasteiger partial charge on any atom is 0.122 e. The van der Waals surface area contributed by atoms with Gasteiger partial charge in [0.1, 0.15) is 5.75 Å². The van der Waals surface area contributed by atoms with Crippen molar-refractivity contribution in [3.8, 4) is 5.75 Å². The maximum atomic E-state index is 5.76. The number of fused-ring (bicyclic) bond motifs is 1. The molecule has 2 atom stereocenters. The molecule has 0 fully saturated rings. The van der Waals surface area contributed by atoms with Crippen LogP contribution in [0.5, 0.6) is 5.75 Å². The number of aromatic nitrogens is 1. The summed E-state index contributed by atoms with van der Waals surface area (Å²) in [5, 5.41) is 6.82. The van der Waals surface area contributed by atoms with Gasteiger partial charge in [0.05, 0.1) is 11.6 Å². The van der Waals surface area contributed by atoms with Crippen LogP contribution in [0.3, 0.4) is 0 Å². The van der Waals surface area contributed by atoms with Gasteiger partial charge in [-0.3, -0.25) is 0 Å². The SMILES string of the molecule is CNC(Cc1nc(C)cs1)C1CCOc2ccccc21. The van der Waals surface area contributed by atoms with Crippen LogP contribution in [0.1, 0.15) is 28.6 Å². The quantitative estimate of drug-likeness (QED) is 0.938. The lowest BCUT2D eigenvalue weighted by Crippen LogP contribution is -2.36. The predicted octanol–water partition coefficient (Wildman–Crippen LogP) is 3.15. The number of para-hydroxylation sites is 1. The molecule has 1 aliphatic rings. The van der Waals surface area contributed by atoms with Crippen molar-refractivity contribution >= 4 is 11.3 Å². The van der Waals surface area contributed by atoms with E-state index in [1.807, 2.05) is 13.1 Å². The smallest absolute Gasteiger partial charge is 0.122 e. The second kappa shape index (κ2) is 5.94. The first kappa shape index (κ1) is 13.6. The number of hydrogen-bond acceptors (Lipinski definition) is 4. The zero-order valence-electron chi connectivity index (χ0n) is 11.9. The maximum absolute atomic E-state index is 5.76. The molecule has 1 aromatic heterocycles. The van der Waals surface area contributed by atoms with Crippen molar-refractivity contribution in [3.05, 3.63) is 45.9 Å². The van der Waals surface area contributed by atoms with Crippen molar-refractivity contribution in [1.82, 2.24) is 10.3 Å². The molecule has 2 heterocycles. The molecule has 106 valence electrons. The summed E-state index contributed by atoms with van der Waals surface area (Å²) in [6, 6.07) is 8.81. The fraction of sp³-hybridized carbons (Fsp3) is 0.438. The van der Waals surface area contributed by atoms with Gasteiger partial charge in [0.2, 0.25) is 0 Å². The summed E-state index contributed by atoms with van der Waals surface area (Å²) in [6.07, 6.45) is 2.04. The molecule has 1 aromatic carbocycles. The standard InChI is InChI=1S/C16H20N2OS/c1-11-10-20-16(18-11)9-14(17-2)12-7-8-19-15-6-4-3-5-13(12)15/h3-6,10,12,14,17H,7-9H2,1-2H3. The Morgan fingerprint density at radius 2 is 2.30 bits per heavy atom. The lowest BCUT2D eigenvalue weighted by molar-refractivity contribution is 0.247. The Kier molecular flexibility index (Phi) is 4.03. The van der Waals surface area contributed by atoms with Crippen molar-refractivity contribution < 1.29 is 4.74 Å². The van der Waals surface area contributed by atoms with Crippen molar-refractivity contribution in [3.63, 3.8) is 0 Å². The first-order valence-electron chi connectivity index (χ1n) is 7.08. The van der Waals surface area contributed by atoms with E-state index in [2.05, 4.69) is 40.8 Å². The highest BCUT2D eigenvalue weighted by Crippen LogP contribution is 2.36. The lowest BCUT2D eigenvalue weighted by Gasteiger charge is -2.31. The van der Waals surface area contributed by atoms with Gasteiger partial charge in [-0.25, -0.2) is 4.98 Å². The van der Waals surface area contributed by atoms with E-state index in [-0.39, 0.29) is 0 Å². The van der Waals surface area contributed by atoms with E-state index in [1.165, 1.54) is 10.6 Å². The van der Waals surface area contributed by atoms with Gasteiger partial charge in [0, 0.05) is 29.5 Å². The van der Waals surface area contributed by atoms with Gasteiger partial charge >= 0.3 is 0 Å². The number of likely N-dealkylation sites (N-methyl/N-ethyl adjacent to an activating group) is 1. The average Bonchev–Trinajstić information content (AvgIpc) is 2.89. The van der Waals surface area contributed by atoms with Crippen molar-refractivity contribution in [2.75, 3.05) is 13.7 Å². The summed E-state index contributed by atoms with van der Waals surface area (Å²) < 4.78 is 5.76. The highest BCUT2D eigenvalue weighted by molar-refractivity contribution is 7.09. The highest BCUT2D eigenvalue weighted by Gasteiger charge is 2.28. The van der Waals surface area contributed by atoms with Crippen LogP contribution < -0.4 is 10.1 Å². The number of aryl methyl sites for hydroxylation is 1. The van der Waals surface area contributed by atoms with Crippen molar-refractivity contribution in [2.45, 2.75) is 31.7 Å². The molecule has 2 unspecified atom stereocenters. The van der Waals surface area contributed by atoms with E-state index < -0.39 is 0 Å².